The van der Waals surface area contributed by atoms with Gasteiger partial charge in [0.15, 0.2) is 18.7 Å². The van der Waals surface area contributed by atoms with E-state index in [1.165, 1.54) is 103 Å². The van der Waals surface area contributed by atoms with Crippen molar-refractivity contribution in [2.45, 2.75) is 255 Å². The average molecular weight is 905 g/mol. The second-order valence-electron chi connectivity index (χ2n) is 17.6. The quantitative estimate of drug-likeness (QED) is 0.0208. The van der Waals surface area contributed by atoms with Crippen LogP contribution in [0.3, 0.4) is 0 Å². The Morgan fingerprint density at radius 2 is 0.905 bits per heavy atom. The van der Waals surface area contributed by atoms with Crippen LogP contribution in [0.15, 0.2) is 12.2 Å². The number of aliphatic hydroxyl groups excluding tert-OH is 7. The molecule has 0 aliphatic carbocycles. The fourth-order valence-corrected chi connectivity index (χ4v) is 7.86. The van der Waals surface area contributed by atoms with E-state index in [0.717, 1.165) is 44.9 Å². The average Bonchev–Trinajstić information content (AvgIpc) is 3.28. The van der Waals surface area contributed by atoms with Crippen molar-refractivity contribution in [2.24, 2.45) is 0 Å². The zero-order valence-electron chi connectivity index (χ0n) is 38.8. The highest BCUT2D eigenvalue weighted by molar-refractivity contribution is 5.70. The van der Waals surface area contributed by atoms with Crippen LogP contribution < -0.4 is 0 Å². The molecule has 2 saturated heterocycles. The van der Waals surface area contributed by atoms with Crippen LogP contribution in [-0.4, -0.2) is 142 Å². The van der Waals surface area contributed by atoms with Gasteiger partial charge in [0.2, 0.25) is 0 Å². The van der Waals surface area contributed by atoms with Gasteiger partial charge in [-0.05, 0) is 38.5 Å². The largest absolute Gasteiger partial charge is 0.462 e. The van der Waals surface area contributed by atoms with E-state index in [0.29, 0.717) is 12.8 Å². The first-order chi connectivity index (χ1) is 30.5. The molecular weight excluding hydrogens is 817 g/mol. The number of unbranched alkanes of at least 4 members (excludes halogenated alkanes) is 22. The number of hydrogen-bond donors (Lipinski definition) is 7. The first kappa shape index (κ1) is 57.4. The van der Waals surface area contributed by atoms with E-state index in [-0.39, 0.29) is 26.1 Å². The topological polar surface area (TPSA) is 231 Å². The lowest BCUT2D eigenvalue weighted by Gasteiger charge is -2.42. The summed E-state index contributed by atoms with van der Waals surface area (Å²) in [6.45, 7) is 2.57. The summed E-state index contributed by atoms with van der Waals surface area (Å²) in [4.78, 5) is 25.7. The normalized spacial score (nSPS) is 26.9. The standard InChI is InChI=1S/C48H88O15/c1-3-5-7-9-11-13-15-17-18-19-21-22-24-26-28-30-39(50)58-33-36(61-40(51)31-29-27-25-23-20-16-14-12-10-8-6-4-2)34-59-47-46(57)44(55)42(53)38(63-47)35-60-48-45(56)43(54)41(52)37(32-49)62-48/h19,21,36-38,41-49,52-57H,3-18,20,22-35H2,1-2H3/b21-19+/t36-,37-,38-,41+,42+,43?,44?,45?,46?,47-,48-/m1/s1. The number of hydrogen-bond acceptors (Lipinski definition) is 15. The molecule has 2 heterocycles. The minimum atomic E-state index is -1.76. The molecule has 0 aromatic carbocycles. The van der Waals surface area contributed by atoms with Gasteiger partial charge in [-0.2, -0.15) is 0 Å². The van der Waals surface area contributed by atoms with Crippen molar-refractivity contribution in [3.05, 3.63) is 12.2 Å². The summed E-state index contributed by atoms with van der Waals surface area (Å²) in [5.41, 5.74) is 0. The predicted octanol–water partition coefficient (Wildman–Crippen LogP) is 6.21. The molecule has 15 heteroatoms. The van der Waals surface area contributed by atoms with E-state index in [9.17, 15) is 45.3 Å². The van der Waals surface area contributed by atoms with Crippen LogP contribution >= 0.6 is 0 Å². The van der Waals surface area contributed by atoms with Crippen molar-refractivity contribution in [1.82, 2.24) is 0 Å². The van der Waals surface area contributed by atoms with Crippen molar-refractivity contribution < 1.29 is 73.8 Å². The molecular formula is C48H88O15. The van der Waals surface area contributed by atoms with Gasteiger partial charge in [-0.25, -0.2) is 0 Å². The molecule has 2 aliphatic heterocycles. The number of aliphatic hydroxyl groups is 7. The smallest absolute Gasteiger partial charge is 0.306 e. The Morgan fingerprint density at radius 1 is 0.492 bits per heavy atom. The van der Waals surface area contributed by atoms with Crippen molar-refractivity contribution in [2.75, 3.05) is 26.4 Å². The molecule has 15 nitrogen and oxygen atoms in total. The van der Waals surface area contributed by atoms with Crippen molar-refractivity contribution in [3.8, 4) is 0 Å². The Morgan fingerprint density at radius 3 is 1.41 bits per heavy atom. The molecule has 2 aliphatic rings. The van der Waals surface area contributed by atoms with E-state index < -0.39 is 92.7 Å². The molecule has 2 fully saturated rings. The van der Waals surface area contributed by atoms with E-state index in [1.54, 1.807) is 0 Å². The Balaban J connectivity index is 1.83. The lowest BCUT2D eigenvalue weighted by Crippen LogP contribution is -2.61. The molecule has 0 saturated carbocycles. The highest BCUT2D eigenvalue weighted by Gasteiger charge is 2.47. The number of esters is 2. The maximum Gasteiger partial charge on any atom is 0.306 e. The second-order valence-corrected chi connectivity index (χ2v) is 17.6. The van der Waals surface area contributed by atoms with Crippen LogP contribution in [0.5, 0.6) is 0 Å². The molecule has 0 aromatic heterocycles. The number of carbonyl (C=O) groups is 2. The van der Waals surface area contributed by atoms with Crippen LogP contribution in [-0.2, 0) is 38.0 Å². The Kier molecular flexibility index (Phi) is 33.1. The van der Waals surface area contributed by atoms with E-state index in [4.69, 9.17) is 28.4 Å². The maximum atomic E-state index is 12.9. The van der Waals surface area contributed by atoms with Gasteiger partial charge in [-0.1, -0.05) is 148 Å². The summed E-state index contributed by atoms with van der Waals surface area (Å²) in [6, 6.07) is 0. The van der Waals surface area contributed by atoms with Gasteiger partial charge in [0.05, 0.1) is 19.8 Å². The highest BCUT2D eigenvalue weighted by Crippen LogP contribution is 2.26. The van der Waals surface area contributed by atoms with Gasteiger partial charge < -0.3 is 64.2 Å². The predicted molar refractivity (Wildman–Crippen MR) is 238 cm³/mol. The minimum Gasteiger partial charge on any atom is -0.462 e. The van der Waals surface area contributed by atoms with Crippen LogP contribution in [0, 0.1) is 0 Å². The maximum absolute atomic E-state index is 12.9. The fourth-order valence-electron chi connectivity index (χ4n) is 7.86. The molecule has 0 spiro atoms. The summed E-state index contributed by atoms with van der Waals surface area (Å²) < 4.78 is 33.5. The van der Waals surface area contributed by atoms with Gasteiger partial charge in [0.25, 0.3) is 0 Å². The second kappa shape index (κ2) is 36.4. The van der Waals surface area contributed by atoms with E-state index in [1.807, 2.05) is 0 Å². The zero-order chi connectivity index (χ0) is 46.1. The summed E-state index contributed by atoms with van der Waals surface area (Å²) in [5, 5.41) is 71.9. The Bertz CT molecular complexity index is 1160. The summed E-state index contributed by atoms with van der Waals surface area (Å²) in [6.07, 6.45) is 16.8. The summed E-state index contributed by atoms with van der Waals surface area (Å²) in [7, 11) is 0. The lowest BCUT2D eigenvalue weighted by atomic mass is 9.98. The minimum absolute atomic E-state index is 0.167. The van der Waals surface area contributed by atoms with Crippen LogP contribution in [0.2, 0.25) is 0 Å². The lowest BCUT2D eigenvalue weighted by molar-refractivity contribution is -0.332. The first-order valence-corrected chi connectivity index (χ1v) is 24.8. The number of ether oxygens (including phenoxy) is 6. The Hall–Kier alpha value is -1.76. The van der Waals surface area contributed by atoms with E-state index in [2.05, 4.69) is 26.0 Å². The third-order valence-corrected chi connectivity index (χ3v) is 12.0. The molecule has 2 rings (SSSR count). The monoisotopic (exact) mass is 905 g/mol. The SMILES string of the molecule is CCCCCCCCCC/C=C/CCCCCC(=O)OC[C@H](CO[C@@H]1O[C@H](CO[C@@H]2O[C@H](CO)[C@H](O)C(O)C2O)[C@H](O)C(O)C1O)OC(=O)CCCCCCCCCCCCCC. The third kappa shape index (κ3) is 25.1. The van der Waals surface area contributed by atoms with E-state index >= 15 is 0 Å². The first-order valence-electron chi connectivity index (χ1n) is 24.8. The fraction of sp³-hybridized carbons (Fsp3) is 0.917. The zero-order valence-corrected chi connectivity index (χ0v) is 38.8. The molecule has 4 unspecified atom stereocenters. The van der Waals surface area contributed by atoms with Gasteiger partial charge in [-0.15, -0.1) is 0 Å². The number of carbonyl (C=O) groups excluding carboxylic acids is 2. The summed E-state index contributed by atoms with van der Waals surface area (Å²) >= 11 is 0. The Labute approximate surface area is 378 Å². The molecule has 0 radical (unpaired) electrons. The molecule has 63 heavy (non-hydrogen) atoms. The third-order valence-electron chi connectivity index (χ3n) is 12.0. The highest BCUT2D eigenvalue weighted by atomic mass is 16.7. The molecule has 0 bridgehead atoms. The number of allylic oxidation sites excluding steroid dienone is 2. The van der Waals surface area contributed by atoms with Crippen molar-refractivity contribution >= 4 is 11.9 Å². The molecule has 11 atom stereocenters. The van der Waals surface area contributed by atoms with Gasteiger partial charge in [-0.3, -0.25) is 9.59 Å². The molecule has 0 aromatic rings. The molecule has 0 amide bonds. The molecule has 7 N–H and O–H groups in total. The summed E-state index contributed by atoms with van der Waals surface area (Å²) in [5.74, 6) is -0.936. The van der Waals surface area contributed by atoms with Crippen molar-refractivity contribution in [1.29, 1.82) is 0 Å². The van der Waals surface area contributed by atoms with Gasteiger partial charge in [0, 0.05) is 12.8 Å². The van der Waals surface area contributed by atoms with Crippen LogP contribution in [0.25, 0.3) is 0 Å². The van der Waals surface area contributed by atoms with Crippen LogP contribution in [0.1, 0.15) is 187 Å². The number of rotatable bonds is 38. The van der Waals surface area contributed by atoms with Gasteiger partial charge in [0.1, 0.15) is 55.4 Å². The molecule has 370 valence electrons. The van der Waals surface area contributed by atoms with Crippen LogP contribution in [0.4, 0.5) is 0 Å². The van der Waals surface area contributed by atoms with Crippen molar-refractivity contribution in [3.63, 3.8) is 0 Å². The van der Waals surface area contributed by atoms with Gasteiger partial charge >= 0.3 is 11.9 Å².